The minimum Gasteiger partial charge on any atom is -0.368 e. The lowest BCUT2D eigenvalue weighted by Gasteiger charge is -2.36. The molecule has 2 aliphatic carbocycles. The Balaban J connectivity index is 0.000000171. The number of aryl methyl sites for hydroxylation is 2. The molecule has 4 aromatic heterocycles. The van der Waals surface area contributed by atoms with E-state index in [9.17, 15) is 31.1 Å². The zero-order valence-electron chi connectivity index (χ0n) is 38.7. The average Bonchev–Trinajstić information content (AvgIpc) is 3.82. The molecule has 69 heavy (non-hydrogen) atoms. The summed E-state index contributed by atoms with van der Waals surface area (Å²) in [5, 5.41) is 9.41. The average molecular weight is 1020 g/mol. The maximum atomic E-state index is 13.0. The van der Waals surface area contributed by atoms with E-state index in [0.717, 1.165) is 158 Å². The van der Waals surface area contributed by atoms with E-state index in [4.69, 9.17) is 5.73 Å². The Morgan fingerprint density at radius 1 is 0.696 bits per heavy atom. The molecule has 6 heterocycles. The molecule has 3 unspecified atom stereocenters. The number of aromatic nitrogens is 4. The topological polar surface area (TPSA) is 104 Å². The summed E-state index contributed by atoms with van der Waals surface area (Å²) < 4.78 is 83.1. The fourth-order valence-corrected chi connectivity index (χ4v) is 11.1. The van der Waals surface area contributed by atoms with Gasteiger partial charge in [0.2, 0.25) is 0 Å². The molecule has 21 heteroatoms. The first-order chi connectivity index (χ1) is 33.4. The van der Waals surface area contributed by atoms with Crippen molar-refractivity contribution in [1.29, 1.82) is 0 Å². The summed E-state index contributed by atoms with van der Waals surface area (Å²) >= 11 is 2.77. The Bertz CT molecular complexity index is 2460. The molecule has 2 saturated heterocycles. The second-order valence-corrected chi connectivity index (χ2v) is 19.9. The van der Waals surface area contributed by atoms with Crippen molar-refractivity contribution < 1.29 is 31.1 Å². The number of alkyl halides is 6. The van der Waals surface area contributed by atoms with Gasteiger partial charge >= 0.3 is 12.4 Å². The molecule has 2 aromatic carbocycles. The van der Waals surface area contributed by atoms with Gasteiger partial charge in [0.1, 0.15) is 6.29 Å². The predicted molar refractivity (Wildman–Crippen MR) is 271 cm³/mol. The zero-order valence-corrected chi connectivity index (χ0v) is 41.5. The van der Waals surface area contributed by atoms with Crippen LogP contribution in [0.5, 0.6) is 0 Å². The Morgan fingerprint density at radius 2 is 1.19 bits per heavy atom. The fraction of sp³-hybridized carbons (Fsp3) is 0.521. The molecule has 2 radical (unpaired) electrons. The number of aldehydes is 1. The van der Waals surface area contributed by atoms with Gasteiger partial charge in [-0.3, -0.25) is 9.80 Å². The van der Waals surface area contributed by atoms with E-state index in [0.29, 0.717) is 15.3 Å². The van der Waals surface area contributed by atoms with Gasteiger partial charge in [0.05, 0.1) is 42.7 Å². The SMILES string of the molecule is FC(F)(F)c1ccc2c(N3CCN(CC4C[C@H]4CNCCCn4ccnc4)CC3)csc2c1.NCCCn1ccnc1.O=C[C@@H]1CC1CN1CCN(c2csc3cc(C(F)(F)F)ccc23)CC1.[B]P. The molecule has 4 fully saturated rings. The summed E-state index contributed by atoms with van der Waals surface area (Å²) in [4.78, 5) is 28.2. The van der Waals surface area contributed by atoms with Gasteiger partial charge < -0.3 is 34.8 Å². The van der Waals surface area contributed by atoms with Crippen molar-refractivity contribution in [3.63, 3.8) is 0 Å². The molecule has 372 valence electrons. The number of hydrogen-bond donors (Lipinski definition) is 2. The third-order valence-corrected chi connectivity index (χ3v) is 15.2. The lowest BCUT2D eigenvalue weighted by atomic mass is 10.1. The van der Waals surface area contributed by atoms with Crippen LogP contribution in [-0.2, 0) is 30.2 Å². The molecule has 11 nitrogen and oxygen atoms in total. The summed E-state index contributed by atoms with van der Waals surface area (Å²) in [5.74, 6) is 2.36. The van der Waals surface area contributed by atoms with Crippen LogP contribution in [-0.4, -0.2) is 128 Å². The van der Waals surface area contributed by atoms with E-state index in [1.165, 1.54) is 53.4 Å². The number of imidazole rings is 2. The van der Waals surface area contributed by atoms with E-state index in [1.54, 1.807) is 24.7 Å². The first-order valence-corrected chi connectivity index (χ1v) is 26.0. The van der Waals surface area contributed by atoms with Gasteiger partial charge in [-0.2, -0.15) is 35.5 Å². The van der Waals surface area contributed by atoms with Gasteiger partial charge in [0, 0.05) is 140 Å². The van der Waals surface area contributed by atoms with E-state index < -0.39 is 23.5 Å². The normalized spacial score (nSPS) is 20.7. The lowest BCUT2D eigenvalue weighted by Crippen LogP contribution is -2.47. The maximum absolute atomic E-state index is 13.0. The summed E-state index contributed by atoms with van der Waals surface area (Å²) in [6.07, 6.45) is 8.13. The standard InChI is InChI=1S/C24H30F3N5S.C18H19F3N2OS.C6H11N3.BH2P/c25-24(26,27)20-2-3-21-22(16-33-23(21)13-20)32-10-8-30(9-11-32)15-19-12-18(19)14-28-4-1-6-31-7-5-29-17-31;19-18(20,21)14-1-2-15-16(11-25-17(15)8-14)23-5-3-22(4-6-23)9-12-7-13(12)10-24;7-2-1-4-9-5-3-8-6-9;1-2/h2-3,5,7,13,16-19,28H,1,4,6,8-12,14-15H2;1-2,8,10-13H,3-7,9H2;3,5-6H,1-2,4,7H2;2H2/t18-,19?;12?,13-;;/m00../s1. The highest BCUT2D eigenvalue weighted by molar-refractivity contribution is 7.49. The predicted octanol–water partition coefficient (Wildman–Crippen LogP) is 8.61. The van der Waals surface area contributed by atoms with E-state index in [1.807, 2.05) is 49.4 Å². The number of nitrogens with two attached hydrogens (primary N) is 1. The van der Waals surface area contributed by atoms with Crippen molar-refractivity contribution >= 4 is 77.2 Å². The van der Waals surface area contributed by atoms with Crippen LogP contribution >= 0.6 is 31.8 Å². The molecule has 6 aromatic rings. The van der Waals surface area contributed by atoms with Gasteiger partial charge in [-0.25, -0.2) is 9.97 Å². The van der Waals surface area contributed by atoms with E-state index in [2.05, 4.69) is 47.0 Å². The summed E-state index contributed by atoms with van der Waals surface area (Å²) in [6, 6.07) is 8.11. The Labute approximate surface area is 412 Å². The summed E-state index contributed by atoms with van der Waals surface area (Å²) in [7, 11) is 6.33. The molecule has 4 aliphatic rings. The largest absolute Gasteiger partial charge is 0.416 e. The number of fused-ring (bicyclic) bond motifs is 2. The molecule has 0 bridgehead atoms. The van der Waals surface area contributed by atoms with Crippen molar-refractivity contribution in [3.05, 3.63) is 95.7 Å². The fourth-order valence-electron chi connectivity index (χ4n) is 9.09. The van der Waals surface area contributed by atoms with Crippen molar-refractivity contribution in [2.24, 2.45) is 29.4 Å². The number of carbonyl (C=O) groups is 1. The first-order valence-electron chi connectivity index (χ1n) is 23.6. The highest BCUT2D eigenvalue weighted by Crippen LogP contribution is 2.42. The number of hydrogen-bond acceptors (Lipinski definition) is 11. The molecular formula is C48H62BF6N10OPS2. The monoisotopic (exact) mass is 1010 g/mol. The Kier molecular flexibility index (Phi) is 19.0. The van der Waals surface area contributed by atoms with E-state index in [-0.39, 0.29) is 5.92 Å². The van der Waals surface area contributed by atoms with Gasteiger partial charge in [0.25, 0.3) is 0 Å². The van der Waals surface area contributed by atoms with Crippen molar-refractivity contribution in [1.82, 2.24) is 34.2 Å². The minimum atomic E-state index is -4.30. The molecule has 2 aliphatic heterocycles. The summed E-state index contributed by atoms with van der Waals surface area (Å²) in [6.45, 7) is 14.5. The lowest BCUT2D eigenvalue weighted by molar-refractivity contribution is -0.138. The molecule has 0 amide bonds. The van der Waals surface area contributed by atoms with Crippen molar-refractivity contribution in [2.45, 2.75) is 51.1 Å². The number of thiophene rings is 2. The number of nitrogens with one attached hydrogen (secondary N) is 1. The molecule has 10 rings (SSSR count). The van der Waals surface area contributed by atoms with Crippen LogP contribution in [0.4, 0.5) is 37.7 Å². The number of nitrogens with zero attached hydrogens (tertiary/aromatic N) is 8. The van der Waals surface area contributed by atoms with Crippen LogP contribution in [0.1, 0.15) is 36.8 Å². The highest BCUT2D eigenvalue weighted by Gasteiger charge is 2.39. The van der Waals surface area contributed by atoms with Crippen LogP contribution in [0.2, 0.25) is 0 Å². The third kappa shape index (κ3) is 15.0. The zero-order chi connectivity index (χ0) is 49.0. The minimum absolute atomic E-state index is 0.252. The summed E-state index contributed by atoms with van der Waals surface area (Å²) in [5.41, 5.74) is 6.26. The van der Waals surface area contributed by atoms with Gasteiger partial charge in [0.15, 0.2) is 0 Å². The number of anilines is 2. The van der Waals surface area contributed by atoms with Crippen molar-refractivity contribution in [3.8, 4) is 0 Å². The quantitative estimate of drug-likeness (QED) is 0.0325. The molecule has 5 atom stereocenters. The second kappa shape index (κ2) is 24.9. The van der Waals surface area contributed by atoms with Gasteiger partial charge in [-0.05, 0) is 87.3 Å². The van der Waals surface area contributed by atoms with Crippen LogP contribution in [0.15, 0.2) is 84.6 Å². The third-order valence-electron chi connectivity index (χ3n) is 13.3. The van der Waals surface area contributed by atoms with Crippen LogP contribution in [0.25, 0.3) is 20.2 Å². The maximum Gasteiger partial charge on any atom is 0.416 e. The van der Waals surface area contributed by atoms with Gasteiger partial charge in [-0.15, -0.1) is 22.7 Å². The smallest absolute Gasteiger partial charge is 0.368 e. The van der Waals surface area contributed by atoms with Crippen LogP contribution in [0, 0.1) is 23.7 Å². The van der Waals surface area contributed by atoms with E-state index >= 15 is 0 Å². The second-order valence-electron chi connectivity index (χ2n) is 18.1. The Hall–Kier alpha value is -4.04. The molecular weight excluding hydrogens is 953 g/mol. The van der Waals surface area contributed by atoms with Crippen molar-refractivity contribution in [2.75, 3.05) is 94.9 Å². The number of halogens is 6. The number of carbonyl (C=O) groups excluding carboxylic acids is 1. The van der Waals surface area contributed by atoms with Crippen LogP contribution in [0.3, 0.4) is 0 Å². The number of benzene rings is 2. The van der Waals surface area contributed by atoms with Gasteiger partial charge in [-0.1, -0.05) is 12.1 Å². The number of rotatable bonds is 16. The molecule has 3 N–H and O–H groups in total. The highest BCUT2D eigenvalue weighted by atomic mass is 32.1. The molecule has 0 spiro atoms. The van der Waals surface area contributed by atoms with Crippen LogP contribution < -0.4 is 20.9 Å². The number of piperazine rings is 2. The molecule has 2 saturated carbocycles. The first kappa shape index (κ1) is 52.8. The Morgan fingerprint density at radius 3 is 1.62 bits per heavy atom.